The van der Waals surface area contributed by atoms with Gasteiger partial charge in [0.05, 0.1) is 11.3 Å². The Labute approximate surface area is 172 Å². The first-order valence-corrected chi connectivity index (χ1v) is 10.8. The third-order valence-corrected chi connectivity index (χ3v) is 6.53. The van der Waals surface area contributed by atoms with Crippen LogP contribution < -0.4 is 10.6 Å². The average Bonchev–Trinajstić information content (AvgIpc) is 3.16. The molecular weight excluding hydrogens is 366 g/mol. The Morgan fingerprint density at radius 3 is 2.69 bits per heavy atom. The standard InChI is InChI=1S/C22H31N5O2/c1-3-4-12-20-24-21(29-25-20)18-10-5-6-11-19(18)27(22(23)28)17-13-15-8-7-9-16(14-17)26(15)2/h5-6,10-11,15-17H,3-4,7-9,12-14H2,1-2H3,(H2,23,28)/t15-,16+,17?. The van der Waals surface area contributed by atoms with Crippen LogP contribution in [0.25, 0.3) is 11.5 Å². The van der Waals surface area contributed by atoms with Crippen molar-refractivity contribution in [1.29, 1.82) is 0 Å². The SMILES string of the molecule is CCCCc1noc(-c2ccccc2N(C(N)=O)C2C[C@H]3CCC[C@@H](C2)N3C)n1. The predicted octanol–water partition coefficient (Wildman–Crippen LogP) is 3.98. The number of nitrogens with zero attached hydrogens (tertiary/aromatic N) is 4. The van der Waals surface area contributed by atoms with Gasteiger partial charge in [-0.3, -0.25) is 4.90 Å². The first-order chi connectivity index (χ1) is 14.1. The van der Waals surface area contributed by atoms with Gasteiger partial charge in [-0.25, -0.2) is 4.79 Å². The molecule has 2 amide bonds. The molecular formula is C22H31N5O2. The number of carbonyl (C=O) groups is 1. The van der Waals surface area contributed by atoms with E-state index in [4.69, 9.17) is 10.3 Å². The number of fused-ring (bicyclic) bond motifs is 2. The number of amides is 2. The fourth-order valence-corrected chi connectivity index (χ4v) is 4.96. The highest BCUT2D eigenvalue weighted by molar-refractivity contribution is 5.95. The van der Waals surface area contributed by atoms with Crippen molar-refractivity contribution in [3.63, 3.8) is 0 Å². The molecule has 1 aromatic carbocycles. The van der Waals surface area contributed by atoms with Gasteiger partial charge in [0.25, 0.3) is 5.89 Å². The molecule has 2 fully saturated rings. The lowest BCUT2D eigenvalue weighted by Gasteiger charge is -2.49. The first kappa shape index (κ1) is 19.9. The van der Waals surface area contributed by atoms with Gasteiger partial charge in [0.2, 0.25) is 0 Å². The molecule has 29 heavy (non-hydrogen) atoms. The molecule has 0 aliphatic carbocycles. The average molecular weight is 398 g/mol. The number of anilines is 1. The van der Waals surface area contributed by atoms with Gasteiger partial charge in [-0.2, -0.15) is 4.98 Å². The van der Waals surface area contributed by atoms with Crippen LogP contribution in [0.15, 0.2) is 28.8 Å². The van der Waals surface area contributed by atoms with E-state index < -0.39 is 6.03 Å². The highest BCUT2D eigenvalue weighted by atomic mass is 16.5. The van der Waals surface area contributed by atoms with Crippen LogP contribution in [0.1, 0.15) is 57.7 Å². The summed E-state index contributed by atoms with van der Waals surface area (Å²) in [7, 11) is 2.21. The van der Waals surface area contributed by atoms with E-state index in [1.165, 1.54) is 19.3 Å². The third kappa shape index (κ3) is 4.01. The molecule has 3 heterocycles. The third-order valence-electron chi connectivity index (χ3n) is 6.53. The highest BCUT2D eigenvalue weighted by Crippen LogP contribution is 2.38. The lowest BCUT2D eigenvalue weighted by atomic mass is 9.81. The van der Waals surface area contributed by atoms with E-state index in [0.29, 0.717) is 23.8 Å². The topological polar surface area (TPSA) is 88.5 Å². The second kappa shape index (κ2) is 8.53. The fourth-order valence-electron chi connectivity index (χ4n) is 4.96. The number of para-hydroxylation sites is 1. The van der Waals surface area contributed by atoms with E-state index in [2.05, 4.69) is 29.0 Å². The van der Waals surface area contributed by atoms with Crippen molar-refractivity contribution in [1.82, 2.24) is 15.0 Å². The molecule has 2 aliphatic rings. The van der Waals surface area contributed by atoms with Crippen molar-refractivity contribution in [2.24, 2.45) is 5.73 Å². The summed E-state index contributed by atoms with van der Waals surface area (Å²) in [5.74, 6) is 1.15. The molecule has 2 bridgehead atoms. The Morgan fingerprint density at radius 2 is 2.00 bits per heavy atom. The van der Waals surface area contributed by atoms with Crippen LogP contribution in [0.3, 0.4) is 0 Å². The number of carbonyl (C=O) groups excluding carboxylic acids is 1. The largest absolute Gasteiger partial charge is 0.351 e. The van der Waals surface area contributed by atoms with E-state index >= 15 is 0 Å². The van der Waals surface area contributed by atoms with Gasteiger partial charge in [0, 0.05) is 24.5 Å². The number of unbranched alkanes of at least 4 members (excludes halogenated alkanes) is 1. The van der Waals surface area contributed by atoms with Gasteiger partial charge in [0.1, 0.15) is 0 Å². The summed E-state index contributed by atoms with van der Waals surface area (Å²) in [6.45, 7) is 2.14. The number of nitrogens with two attached hydrogens (primary N) is 1. The van der Waals surface area contributed by atoms with Gasteiger partial charge in [0.15, 0.2) is 5.82 Å². The number of urea groups is 1. The molecule has 3 atom stereocenters. The van der Waals surface area contributed by atoms with Crippen LogP contribution in [0.5, 0.6) is 0 Å². The Kier molecular flexibility index (Phi) is 5.85. The molecule has 2 saturated heterocycles. The quantitative estimate of drug-likeness (QED) is 0.796. The van der Waals surface area contributed by atoms with Gasteiger partial charge < -0.3 is 15.2 Å². The molecule has 1 aromatic heterocycles. The molecule has 0 spiro atoms. The number of aromatic nitrogens is 2. The number of aryl methyl sites for hydroxylation is 1. The normalized spacial score (nSPS) is 24.4. The lowest BCUT2D eigenvalue weighted by Crippen LogP contribution is -2.57. The van der Waals surface area contributed by atoms with E-state index in [0.717, 1.165) is 43.4 Å². The zero-order chi connectivity index (χ0) is 20.4. The molecule has 1 unspecified atom stereocenters. The zero-order valence-electron chi connectivity index (χ0n) is 17.4. The summed E-state index contributed by atoms with van der Waals surface area (Å²) < 4.78 is 5.55. The van der Waals surface area contributed by atoms with Crippen molar-refractivity contribution >= 4 is 11.7 Å². The van der Waals surface area contributed by atoms with E-state index in [-0.39, 0.29) is 6.04 Å². The summed E-state index contributed by atoms with van der Waals surface area (Å²) in [6, 6.07) is 8.40. The predicted molar refractivity (Wildman–Crippen MR) is 113 cm³/mol. The second-order valence-electron chi connectivity index (χ2n) is 8.37. The molecule has 7 nitrogen and oxygen atoms in total. The molecule has 7 heteroatoms. The zero-order valence-corrected chi connectivity index (χ0v) is 17.4. The number of hydrogen-bond donors (Lipinski definition) is 1. The van der Waals surface area contributed by atoms with Gasteiger partial charge in [-0.05, 0) is 51.3 Å². The summed E-state index contributed by atoms with van der Waals surface area (Å²) in [6.07, 6.45) is 8.40. The lowest BCUT2D eigenvalue weighted by molar-refractivity contribution is 0.0564. The van der Waals surface area contributed by atoms with Crippen molar-refractivity contribution in [3.05, 3.63) is 30.1 Å². The minimum absolute atomic E-state index is 0.0858. The van der Waals surface area contributed by atoms with Crippen molar-refractivity contribution in [2.45, 2.75) is 76.4 Å². The monoisotopic (exact) mass is 397 g/mol. The van der Waals surface area contributed by atoms with Crippen LogP contribution in [-0.2, 0) is 6.42 Å². The number of hydrogen-bond acceptors (Lipinski definition) is 5. The molecule has 156 valence electrons. The number of rotatable bonds is 6. The van der Waals surface area contributed by atoms with E-state index in [9.17, 15) is 4.79 Å². The number of benzene rings is 1. The fraction of sp³-hybridized carbons (Fsp3) is 0.591. The van der Waals surface area contributed by atoms with Crippen LogP contribution in [0.4, 0.5) is 10.5 Å². The van der Waals surface area contributed by atoms with Crippen LogP contribution >= 0.6 is 0 Å². The summed E-state index contributed by atoms with van der Waals surface area (Å²) in [5, 5.41) is 4.12. The smallest absolute Gasteiger partial charge is 0.319 e. The van der Waals surface area contributed by atoms with Crippen LogP contribution in [0, 0.1) is 0 Å². The van der Waals surface area contributed by atoms with Crippen molar-refractivity contribution in [3.8, 4) is 11.5 Å². The van der Waals surface area contributed by atoms with E-state index in [1.807, 2.05) is 24.3 Å². The van der Waals surface area contributed by atoms with Crippen LogP contribution in [-0.4, -0.2) is 46.2 Å². The molecule has 0 saturated carbocycles. The molecule has 4 rings (SSSR count). The first-order valence-electron chi connectivity index (χ1n) is 10.8. The minimum Gasteiger partial charge on any atom is -0.351 e. The summed E-state index contributed by atoms with van der Waals surface area (Å²) >= 11 is 0. The second-order valence-corrected chi connectivity index (χ2v) is 8.37. The minimum atomic E-state index is -0.421. The molecule has 2 N–H and O–H groups in total. The Morgan fingerprint density at radius 1 is 1.28 bits per heavy atom. The maximum atomic E-state index is 12.6. The molecule has 0 radical (unpaired) electrons. The number of piperidine rings is 2. The Bertz CT molecular complexity index is 837. The number of primary amides is 1. The van der Waals surface area contributed by atoms with Crippen LogP contribution in [0.2, 0.25) is 0 Å². The van der Waals surface area contributed by atoms with Crippen molar-refractivity contribution in [2.75, 3.05) is 11.9 Å². The Balaban J connectivity index is 1.65. The van der Waals surface area contributed by atoms with Gasteiger partial charge in [-0.1, -0.05) is 37.1 Å². The summed E-state index contributed by atoms with van der Waals surface area (Å²) in [5.41, 5.74) is 7.44. The summed E-state index contributed by atoms with van der Waals surface area (Å²) in [4.78, 5) is 21.4. The maximum Gasteiger partial charge on any atom is 0.319 e. The molecule has 2 aliphatic heterocycles. The maximum absolute atomic E-state index is 12.6. The highest BCUT2D eigenvalue weighted by Gasteiger charge is 2.40. The van der Waals surface area contributed by atoms with E-state index in [1.54, 1.807) is 4.90 Å². The van der Waals surface area contributed by atoms with Gasteiger partial charge >= 0.3 is 6.03 Å². The molecule has 2 aromatic rings. The Hall–Kier alpha value is -2.41. The van der Waals surface area contributed by atoms with Crippen molar-refractivity contribution < 1.29 is 9.32 Å². The van der Waals surface area contributed by atoms with Gasteiger partial charge in [-0.15, -0.1) is 0 Å².